The van der Waals surface area contributed by atoms with Crippen LogP contribution in [0.3, 0.4) is 0 Å². The largest absolute Gasteiger partial charge is 0.416 e. The molecule has 4 nitrogen and oxygen atoms in total. The first kappa shape index (κ1) is 19.5. The number of rotatable bonds is 3. The number of carbonyl (C=O) groups is 1. The van der Waals surface area contributed by atoms with Gasteiger partial charge in [-0.2, -0.15) is 18.4 Å². The van der Waals surface area contributed by atoms with Gasteiger partial charge in [0.1, 0.15) is 0 Å². The Balaban J connectivity index is 1.69. The average Bonchev–Trinajstić information content (AvgIpc) is 3.00. The molecular formula is C20H12F3N3OS. The van der Waals surface area contributed by atoms with Crippen LogP contribution in [0.5, 0.6) is 0 Å². The molecule has 1 amide bonds. The summed E-state index contributed by atoms with van der Waals surface area (Å²) in [6.45, 7) is 0. The summed E-state index contributed by atoms with van der Waals surface area (Å²) in [6.07, 6.45) is 2.47. The molecule has 1 aliphatic heterocycles. The fourth-order valence-electron chi connectivity index (χ4n) is 2.36. The zero-order valence-electron chi connectivity index (χ0n) is 14.2. The van der Waals surface area contributed by atoms with E-state index in [-0.39, 0.29) is 11.1 Å². The average molecular weight is 399 g/mol. The maximum Gasteiger partial charge on any atom is 0.416 e. The quantitative estimate of drug-likeness (QED) is 0.453. The van der Waals surface area contributed by atoms with E-state index in [1.165, 1.54) is 12.1 Å². The number of nitrogens with one attached hydrogen (secondary N) is 1. The van der Waals surface area contributed by atoms with Crippen LogP contribution in [0, 0.1) is 11.5 Å². The van der Waals surface area contributed by atoms with Crippen molar-refractivity contribution in [2.45, 2.75) is 6.18 Å². The molecule has 0 aliphatic carbocycles. The number of thioether (sulfide) groups is 1. The summed E-state index contributed by atoms with van der Waals surface area (Å²) in [5, 5.41) is 11.3. The van der Waals surface area contributed by atoms with Crippen LogP contribution in [0.15, 0.2) is 58.4 Å². The zero-order valence-corrected chi connectivity index (χ0v) is 15.0. The standard InChI is InChI=1S/C20H12F3N3OS/c21-20(22,23)16-9-7-14(8-10-16)2-1-13-3-5-15(6-4-13)11-17-18(27)26-19(28-17)25-12-24/h1-11H,(H,25,26,27)/b2-1?,17-11+. The fraction of sp³-hybridized carbons (Fsp3) is 0.0500. The lowest BCUT2D eigenvalue weighted by molar-refractivity contribution is -0.137. The summed E-state index contributed by atoms with van der Waals surface area (Å²) < 4.78 is 37.7. The molecule has 1 fully saturated rings. The van der Waals surface area contributed by atoms with E-state index in [0.29, 0.717) is 10.5 Å². The van der Waals surface area contributed by atoms with Crippen LogP contribution >= 0.6 is 11.8 Å². The Morgan fingerprint density at radius 2 is 1.50 bits per heavy atom. The molecule has 0 atom stereocenters. The zero-order chi connectivity index (χ0) is 20.1. The minimum Gasteiger partial charge on any atom is -0.300 e. The van der Waals surface area contributed by atoms with Crippen molar-refractivity contribution in [2.75, 3.05) is 0 Å². The molecule has 0 unspecified atom stereocenters. The minimum atomic E-state index is -4.34. The number of nitrogens with zero attached hydrogens (tertiary/aromatic N) is 2. The van der Waals surface area contributed by atoms with Crippen molar-refractivity contribution in [3.05, 3.63) is 75.7 Å². The number of hydrogen-bond acceptors (Lipinski definition) is 4. The number of amides is 1. The van der Waals surface area contributed by atoms with Crippen molar-refractivity contribution in [2.24, 2.45) is 4.99 Å². The van der Waals surface area contributed by atoms with Crippen molar-refractivity contribution in [3.63, 3.8) is 0 Å². The molecule has 3 rings (SSSR count). The molecule has 2 aromatic carbocycles. The van der Waals surface area contributed by atoms with Crippen molar-refractivity contribution in [1.29, 1.82) is 5.26 Å². The number of alkyl halides is 3. The van der Waals surface area contributed by atoms with E-state index in [1.807, 2.05) is 24.3 Å². The van der Waals surface area contributed by atoms with Crippen LogP contribution in [0.4, 0.5) is 13.2 Å². The number of carbonyl (C=O) groups excluding carboxylic acids is 1. The highest BCUT2D eigenvalue weighted by Crippen LogP contribution is 2.29. The van der Waals surface area contributed by atoms with Crippen molar-refractivity contribution < 1.29 is 18.0 Å². The molecule has 1 N–H and O–H groups in total. The Morgan fingerprint density at radius 3 is 2.04 bits per heavy atom. The summed E-state index contributed by atoms with van der Waals surface area (Å²) in [7, 11) is 0. The summed E-state index contributed by atoms with van der Waals surface area (Å²) in [6, 6.07) is 12.2. The summed E-state index contributed by atoms with van der Waals surface area (Å²) in [5.74, 6) is -0.315. The van der Waals surface area contributed by atoms with Gasteiger partial charge >= 0.3 is 6.18 Å². The molecule has 0 radical (unpaired) electrons. The maximum atomic E-state index is 12.6. The van der Waals surface area contributed by atoms with Crippen LogP contribution in [-0.4, -0.2) is 11.1 Å². The van der Waals surface area contributed by atoms with Gasteiger partial charge < -0.3 is 0 Å². The molecule has 1 heterocycles. The molecule has 0 saturated carbocycles. The van der Waals surface area contributed by atoms with Gasteiger partial charge in [-0.25, -0.2) is 0 Å². The lowest BCUT2D eigenvalue weighted by Crippen LogP contribution is -2.19. The van der Waals surface area contributed by atoms with Crippen LogP contribution in [0.2, 0.25) is 0 Å². The van der Waals surface area contributed by atoms with Gasteiger partial charge in [0.05, 0.1) is 10.5 Å². The van der Waals surface area contributed by atoms with E-state index in [0.717, 1.165) is 35.0 Å². The molecule has 28 heavy (non-hydrogen) atoms. The number of aliphatic imine (C=N–C) groups is 1. The Bertz CT molecular complexity index is 1010. The molecule has 140 valence electrons. The lowest BCUT2D eigenvalue weighted by atomic mass is 10.1. The van der Waals surface area contributed by atoms with Crippen molar-refractivity contribution >= 4 is 41.1 Å². The first-order valence-corrected chi connectivity index (χ1v) is 8.80. The number of benzene rings is 2. The van der Waals surface area contributed by atoms with Gasteiger partial charge in [0.15, 0.2) is 5.17 Å². The smallest absolute Gasteiger partial charge is 0.300 e. The monoisotopic (exact) mass is 399 g/mol. The first-order valence-electron chi connectivity index (χ1n) is 7.98. The van der Waals surface area contributed by atoms with Gasteiger partial charge in [-0.3, -0.25) is 10.1 Å². The predicted molar refractivity (Wildman–Crippen MR) is 104 cm³/mol. The molecule has 0 aromatic heterocycles. The van der Waals surface area contributed by atoms with E-state index in [4.69, 9.17) is 5.26 Å². The van der Waals surface area contributed by atoms with Gasteiger partial charge in [-0.05, 0) is 46.7 Å². The number of hydrogen-bond donors (Lipinski definition) is 1. The highest BCUT2D eigenvalue weighted by molar-refractivity contribution is 8.18. The fourth-order valence-corrected chi connectivity index (χ4v) is 3.13. The van der Waals surface area contributed by atoms with Gasteiger partial charge in [0, 0.05) is 0 Å². The Hall–Kier alpha value is -3.31. The predicted octanol–water partition coefficient (Wildman–Crippen LogP) is 4.92. The van der Waals surface area contributed by atoms with E-state index in [1.54, 1.807) is 24.4 Å². The van der Waals surface area contributed by atoms with E-state index in [9.17, 15) is 18.0 Å². The van der Waals surface area contributed by atoms with E-state index in [2.05, 4.69) is 10.3 Å². The van der Waals surface area contributed by atoms with Gasteiger partial charge in [-0.15, -0.1) is 4.99 Å². The Kier molecular flexibility index (Phi) is 5.66. The number of nitriles is 1. The van der Waals surface area contributed by atoms with Crippen molar-refractivity contribution in [1.82, 2.24) is 5.32 Å². The molecule has 2 aromatic rings. The van der Waals surface area contributed by atoms with E-state index < -0.39 is 11.7 Å². The summed E-state index contributed by atoms with van der Waals surface area (Å²) in [5.41, 5.74) is 1.63. The van der Waals surface area contributed by atoms with Crippen LogP contribution in [-0.2, 0) is 11.0 Å². The Morgan fingerprint density at radius 1 is 0.964 bits per heavy atom. The summed E-state index contributed by atoms with van der Waals surface area (Å²) >= 11 is 1.09. The van der Waals surface area contributed by atoms with Crippen molar-refractivity contribution in [3.8, 4) is 6.19 Å². The molecular weight excluding hydrogens is 387 g/mol. The highest BCUT2D eigenvalue weighted by atomic mass is 32.2. The van der Waals surface area contributed by atoms with Gasteiger partial charge in [-0.1, -0.05) is 48.6 Å². The third-order valence-electron chi connectivity index (χ3n) is 3.74. The lowest BCUT2D eigenvalue weighted by Gasteiger charge is -2.05. The highest BCUT2D eigenvalue weighted by Gasteiger charge is 2.29. The second-order valence-electron chi connectivity index (χ2n) is 5.70. The van der Waals surface area contributed by atoms with Crippen LogP contribution in [0.1, 0.15) is 22.3 Å². The maximum absolute atomic E-state index is 12.6. The normalized spacial score (nSPS) is 17.3. The number of amidine groups is 1. The topological polar surface area (TPSA) is 65.2 Å². The summed E-state index contributed by atoms with van der Waals surface area (Å²) in [4.78, 5) is 15.7. The van der Waals surface area contributed by atoms with Crippen LogP contribution < -0.4 is 5.32 Å². The third kappa shape index (κ3) is 4.90. The number of halogens is 3. The Labute approximate surface area is 163 Å². The third-order valence-corrected chi connectivity index (χ3v) is 4.65. The molecule has 1 aliphatic rings. The molecule has 8 heteroatoms. The second kappa shape index (κ2) is 8.15. The molecule has 1 saturated heterocycles. The SMILES string of the molecule is N#CN=C1NC(=O)/C(=C\c2ccc(C=Cc3ccc(C(F)(F)F)cc3)cc2)S1. The molecule has 0 bridgehead atoms. The van der Waals surface area contributed by atoms with Gasteiger partial charge in [0.25, 0.3) is 5.91 Å². The molecule has 0 spiro atoms. The first-order chi connectivity index (χ1) is 13.3. The van der Waals surface area contributed by atoms with E-state index >= 15 is 0 Å². The van der Waals surface area contributed by atoms with Gasteiger partial charge in [0.2, 0.25) is 6.19 Å². The second-order valence-corrected chi connectivity index (χ2v) is 6.73. The van der Waals surface area contributed by atoms with Crippen LogP contribution in [0.25, 0.3) is 18.2 Å². The minimum absolute atomic E-state index is 0.245.